The first-order valence-corrected chi connectivity index (χ1v) is 6.49. The molecule has 1 aromatic carbocycles. The molecule has 0 amide bonds. The van der Waals surface area contributed by atoms with Crippen molar-refractivity contribution in [3.05, 3.63) is 40.6 Å². The summed E-state index contributed by atoms with van der Waals surface area (Å²) in [4.78, 5) is 8.37. The molecule has 1 heterocycles. The highest BCUT2D eigenvalue weighted by Crippen LogP contribution is 2.28. The highest BCUT2D eigenvalue weighted by molar-refractivity contribution is 9.10. The number of anilines is 1. The number of nitrogens with zero attached hydrogens (tertiary/aromatic N) is 2. The van der Waals surface area contributed by atoms with Crippen molar-refractivity contribution in [3.8, 4) is 11.6 Å². The lowest BCUT2D eigenvalue weighted by molar-refractivity contribution is 0.455. The summed E-state index contributed by atoms with van der Waals surface area (Å²) < 4.78 is 6.78. The van der Waals surface area contributed by atoms with Crippen molar-refractivity contribution < 1.29 is 4.74 Å². The lowest BCUT2D eigenvalue weighted by Crippen LogP contribution is -2.02. The SMILES string of the molecule is CCc1c(NC)ncnc1Oc1cccc(Br)c1. The molecule has 0 bridgehead atoms. The Morgan fingerprint density at radius 1 is 1.33 bits per heavy atom. The van der Waals surface area contributed by atoms with Crippen LogP contribution in [0.25, 0.3) is 0 Å². The van der Waals surface area contributed by atoms with Crippen LogP contribution in [0.5, 0.6) is 11.6 Å². The highest BCUT2D eigenvalue weighted by Gasteiger charge is 2.10. The predicted molar refractivity (Wildman–Crippen MR) is 75.2 cm³/mol. The highest BCUT2D eigenvalue weighted by atomic mass is 79.9. The fourth-order valence-electron chi connectivity index (χ4n) is 1.66. The average molecular weight is 308 g/mol. The number of rotatable bonds is 4. The van der Waals surface area contributed by atoms with E-state index in [0.717, 1.165) is 28.0 Å². The Morgan fingerprint density at radius 3 is 2.83 bits per heavy atom. The van der Waals surface area contributed by atoms with Gasteiger partial charge in [0.25, 0.3) is 0 Å². The average Bonchev–Trinajstić information content (AvgIpc) is 2.38. The summed E-state index contributed by atoms with van der Waals surface area (Å²) in [5.74, 6) is 2.15. The quantitative estimate of drug-likeness (QED) is 0.937. The van der Waals surface area contributed by atoms with Gasteiger partial charge in [-0.1, -0.05) is 28.9 Å². The molecule has 0 spiro atoms. The molecule has 5 heteroatoms. The molecule has 4 nitrogen and oxygen atoms in total. The molecule has 2 rings (SSSR count). The van der Waals surface area contributed by atoms with Crippen molar-refractivity contribution in [1.29, 1.82) is 0 Å². The fourth-order valence-corrected chi connectivity index (χ4v) is 2.04. The van der Waals surface area contributed by atoms with E-state index in [1.165, 1.54) is 6.33 Å². The van der Waals surface area contributed by atoms with E-state index in [1.54, 1.807) is 0 Å². The molecule has 2 aromatic rings. The maximum atomic E-state index is 5.80. The van der Waals surface area contributed by atoms with Crippen LogP contribution in [0.15, 0.2) is 35.1 Å². The summed E-state index contributed by atoms with van der Waals surface area (Å²) in [5, 5.41) is 3.04. The summed E-state index contributed by atoms with van der Waals surface area (Å²) >= 11 is 3.41. The van der Waals surface area contributed by atoms with E-state index in [9.17, 15) is 0 Å². The number of nitrogens with one attached hydrogen (secondary N) is 1. The van der Waals surface area contributed by atoms with E-state index in [-0.39, 0.29) is 0 Å². The molecule has 0 unspecified atom stereocenters. The van der Waals surface area contributed by atoms with Crippen LogP contribution in [0.2, 0.25) is 0 Å². The van der Waals surface area contributed by atoms with E-state index in [4.69, 9.17) is 4.74 Å². The van der Waals surface area contributed by atoms with Crippen molar-refractivity contribution in [2.75, 3.05) is 12.4 Å². The van der Waals surface area contributed by atoms with Gasteiger partial charge in [0.15, 0.2) is 0 Å². The monoisotopic (exact) mass is 307 g/mol. The van der Waals surface area contributed by atoms with Crippen LogP contribution < -0.4 is 10.1 Å². The Labute approximate surface area is 115 Å². The van der Waals surface area contributed by atoms with Crippen LogP contribution in [-0.4, -0.2) is 17.0 Å². The van der Waals surface area contributed by atoms with Crippen LogP contribution >= 0.6 is 15.9 Å². The third-order valence-electron chi connectivity index (χ3n) is 2.51. The Kier molecular flexibility index (Phi) is 4.15. The number of hydrogen-bond acceptors (Lipinski definition) is 4. The molecule has 0 aliphatic rings. The van der Waals surface area contributed by atoms with Gasteiger partial charge >= 0.3 is 0 Å². The Bertz CT molecular complexity index is 546. The zero-order valence-corrected chi connectivity index (χ0v) is 11.9. The first kappa shape index (κ1) is 12.8. The molecule has 0 aliphatic carbocycles. The van der Waals surface area contributed by atoms with Crippen molar-refractivity contribution in [1.82, 2.24) is 9.97 Å². The Morgan fingerprint density at radius 2 is 2.17 bits per heavy atom. The lowest BCUT2D eigenvalue weighted by atomic mass is 10.2. The normalized spacial score (nSPS) is 10.2. The van der Waals surface area contributed by atoms with E-state index in [0.29, 0.717) is 5.88 Å². The summed E-state index contributed by atoms with van der Waals surface area (Å²) in [7, 11) is 1.84. The van der Waals surface area contributed by atoms with Gasteiger partial charge in [0.1, 0.15) is 17.9 Å². The van der Waals surface area contributed by atoms with Gasteiger partial charge in [0.05, 0.1) is 5.56 Å². The van der Waals surface area contributed by atoms with Gasteiger partial charge in [-0.2, -0.15) is 0 Å². The second-order valence-corrected chi connectivity index (χ2v) is 4.58. The maximum absolute atomic E-state index is 5.80. The maximum Gasteiger partial charge on any atom is 0.227 e. The van der Waals surface area contributed by atoms with Crippen LogP contribution in [-0.2, 0) is 6.42 Å². The zero-order valence-electron chi connectivity index (χ0n) is 10.3. The van der Waals surface area contributed by atoms with E-state index in [1.807, 2.05) is 38.2 Å². The van der Waals surface area contributed by atoms with Gasteiger partial charge in [-0.3, -0.25) is 0 Å². The van der Waals surface area contributed by atoms with Gasteiger partial charge in [-0.05, 0) is 24.6 Å². The van der Waals surface area contributed by atoms with Crippen LogP contribution in [0.1, 0.15) is 12.5 Å². The molecule has 0 radical (unpaired) electrons. The van der Waals surface area contributed by atoms with E-state index >= 15 is 0 Å². The van der Waals surface area contributed by atoms with Gasteiger partial charge in [-0.25, -0.2) is 9.97 Å². The second kappa shape index (κ2) is 5.82. The van der Waals surface area contributed by atoms with Crippen molar-refractivity contribution >= 4 is 21.7 Å². The third kappa shape index (κ3) is 2.79. The standard InChI is InChI=1S/C13H14BrN3O/c1-3-11-12(15-2)16-8-17-13(11)18-10-6-4-5-9(14)7-10/h4-8H,3H2,1-2H3,(H,15,16,17). The lowest BCUT2D eigenvalue weighted by Gasteiger charge is -2.11. The molecule has 0 atom stereocenters. The van der Waals surface area contributed by atoms with Gasteiger partial charge in [-0.15, -0.1) is 0 Å². The molecule has 18 heavy (non-hydrogen) atoms. The number of aromatic nitrogens is 2. The van der Waals surface area contributed by atoms with E-state index in [2.05, 4.69) is 31.2 Å². The van der Waals surface area contributed by atoms with Crippen molar-refractivity contribution in [2.45, 2.75) is 13.3 Å². The Hall–Kier alpha value is -1.62. The Balaban J connectivity index is 2.34. The molecular weight excluding hydrogens is 294 g/mol. The molecule has 0 fully saturated rings. The molecular formula is C13H14BrN3O. The summed E-state index contributed by atoms with van der Waals surface area (Å²) in [5.41, 5.74) is 0.972. The number of ether oxygens (including phenoxy) is 1. The van der Waals surface area contributed by atoms with Gasteiger partial charge in [0.2, 0.25) is 5.88 Å². The van der Waals surface area contributed by atoms with Gasteiger partial charge in [0, 0.05) is 11.5 Å². The van der Waals surface area contributed by atoms with Gasteiger partial charge < -0.3 is 10.1 Å². The topological polar surface area (TPSA) is 47.0 Å². The van der Waals surface area contributed by atoms with Crippen LogP contribution in [0, 0.1) is 0 Å². The molecule has 94 valence electrons. The fraction of sp³-hybridized carbons (Fsp3) is 0.231. The first-order chi connectivity index (χ1) is 8.74. The molecule has 0 saturated heterocycles. The zero-order chi connectivity index (χ0) is 13.0. The van der Waals surface area contributed by atoms with Crippen LogP contribution in [0.4, 0.5) is 5.82 Å². The van der Waals surface area contributed by atoms with Crippen molar-refractivity contribution in [2.24, 2.45) is 0 Å². The minimum atomic E-state index is 0.593. The molecule has 0 aliphatic heterocycles. The summed E-state index contributed by atoms with van der Waals surface area (Å²) in [6.45, 7) is 2.05. The van der Waals surface area contributed by atoms with E-state index < -0.39 is 0 Å². The third-order valence-corrected chi connectivity index (χ3v) is 3.00. The largest absolute Gasteiger partial charge is 0.439 e. The minimum Gasteiger partial charge on any atom is -0.439 e. The summed E-state index contributed by atoms with van der Waals surface area (Å²) in [6, 6.07) is 7.67. The van der Waals surface area contributed by atoms with Crippen LogP contribution in [0.3, 0.4) is 0 Å². The number of halogens is 1. The predicted octanol–water partition coefficient (Wildman–Crippen LogP) is 3.64. The summed E-state index contributed by atoms with van der Waals surface area (Å²) in [6.07, 6.45) is 2.30. The molecule has 0 saturated carbocycles. The first-order valence-electron chi connectivity index (χ1n) is 5.69. The minimum absolute atomic E-state index is 0.593. The van der Waals surface area contributed by atoms with Crippen molar-refractivity contribution in [3.63, 3.8) is 0 Å². The molecule has 1 N–H and O–H groups in total. The molecule has 1 aromatic heterocycles. The number of benzene rings is 1. The number of hydrogen-bond donors (Lipinski definition) is 1. The smallest absolute Gasteiger partial charge is 0.227 e. The second-order valence-electron chi connectivity index (χ2n) is 3.67.